The van der Waals surface area contributed by atoms with Crippen LogP contribution < -0.4 is 10.1 Å². The van der Waals surface area contributed by atoms with Crippen LogP contribution in [0.2, 0.25) is 5.02 Å². The molecule has 0 radical (unpaired) electrons. The van der Waals surface area contributed by atoms with E-state index < -0.39 is 0 Å². The lowest BCUT2D eigenvalue weighted by Gasteiger charge is -2.27. The zero-order valence-electron chi connectivity index (χ0n) is 14.4. The smallest absolute Gasteiger partial charge is 0.262 e. The van der Waals surface area contributed by atoms with Gasteiger partial charge in [-0.05, 0) is 52.3 Å². The minimum Gasteiger partial charge on any atom is -0.483 e. The van der Waals surface area contributed by atoms with Crippen LogP contribution >= 0.6 is 27.5 Å². The number of halogens is 2. The second kappa shape index (κ2) is 9.21. The highest BCUT2D eigenvalue weighted by Gasteiger charge is 2.18. The molecule has 142 valence electrons. The second-order valence-electron chi connectivity index (χ2n) is 5.90. The number of benzene rings is 2. The third-order valence-electron chi connectivity index (χ3n) is 3.94. The molecule has 1 aliphatic rings. The Morgan fingerprint density at radius 1 is 1.19 bits per heavy atom. The summed E-state index contributed by atoms with van der Waals surface area (Å²) in [6.45, 7) is 2.06. The largest absolute Gasteiger partial charge is 0.483 e. The molecule has 1 fully saturated rings. The molecule has 0 aliphatic carbocycles. The highest BCUT2D eigenvalue weighted by molar-refractivity contribution is 9.10. The molecule has 1 aliphatic heterocycles. The van der Waals surface area contributed by atoms with Crippen molar-refractivity contribution in [1.29, 1.82) is 0 Å². The van der Waals surface area contributed by atoms with Gasteiger partial charge in [0.05, 0.1) is 17.7 Å². The maximum Gasteiger partial charge on any atom is 0.262 e. The fourth-order valence-corrected chi connectivity index (χ4v) is 3.41. The lowest BCUT2D eigenvalue weighted by Crippen LogP contribution is -2.40. The van der Waals surface area contributed by atoms with Gasteiger partial charge in [-0.15, -0.1) is 0 Å². The first-order valence-electron chi connectivity index (χ1n) is 8.38. The number of rotatable bonds is 5. The Bertz CT molecular complexity index is 840. The SMILES string of the molecule is O=C(COc1ccc(Cl)cc1Br)Nc1cccc(C(=O)N2CCOCC2)c1. The molecule has 8 heteroatoms. The lowest BCUT2D eigenvalue weighted by atomic mass is 10.1. The third-order valence-corrected chi connectivity index (χ3v) is 4.80. The molecule has 3 rings (SSSR count). The van der Waals surface area contributed by atoms with Gasteiger partial charge in [-0.3, -0.25) is 9.59 Å². The molecule has 0 aromatic heterocycles. The second-order valence-corrected chi connectivity index (χ2v) is 7.19. The fraction of sp³-hybridized carbons (Fsp3) is 0.263. The van der Waals surface area contributed by atoms with Gasteiger partial charge in [0.1, 0.15) is 5.75 Å². The Morgan fingerprint density at radius 3 is 2.70 bits per heavy atom. The summed E-state index contributed by atoms with van der Waals surface area (Å²) in [5, 5.41) is 3.31. The summed E-state index contributed by atoms with van der Waals surface area (Å²) >= 11 is 9.22. The number of hydrogen-bond acceptors (Lipinski definition) is 4. The zero-order valence-corrected chi connectivity index (χ0v) is 16.8. The summed E-state index contributed by atoms with van der Waals surface area (Å²) in [4.78, 5) is 26.4. The van der Waals surface area contributed by atoms with Crippen LogP contribution in [0, 0.1) is 0 Å². The molecule has 2 aromatic carbocycles. The number of anilines is 1. The summed E-state index contributed by atoms with van der Waals surface area (Å²) in [7, 11) is 0. The molecule has 0 bridgehead atoms. The quantitative estimate of drug-likeness (QED) is 0.751. The number of carbonyl (C=O) groups excluding carboxylic acids is 2. The van der Waals surface area contributed by atoms with E-state index in [0.717, 1.165) is 0 Å². The van der Waals surface area contributed by atoms with E-state index >= 15 is 0 Å². The molecule has 1 saturated heterocycles. The van der Waals surface area contributed by atoms with E-state index in [0.29, 0.717) is 52.8 Å². The Kier molecular flexibility index (Phi) is 6.71. The molecular formula is C19H18BrClN2O4. The summed E-state index contributed by atoms with van der Waals surface area (Å²) in [6, 6.07) is 11.9. The molecule has 6 nitrogen and oxygen atoms in total. The third kappa shape index (κ3) is 5.45. The first kappa shape index (κ1) is 19.7. The Balaban J connectivity index is 1.58. The maximum atomic E-state index is 12.5. The van der Waals surface area contributed by atoms with Gasteiger partial charge in [-0.1, -0.05) is 17.7 Å². The monoisotopic (exact) mass is 452 g/mol. The summed E-state index contributed by atoms with van der Waals surface area (Å²) in [6.07, 6.45) is 0. The van der Waals surface area contributed by atoms with Crippen molar-refractivity contribution in [2.24, 2.45) is 0 Å². The lowest BCUT2D eigenvalue weighted by molar-refractivity contribution is -0.118. The summed E-state index contributed by atoms with van der Waals surface area (Å²) in [5.74, 6) is 0.120. The molecule has 1 N–H and O–H groups in total. The van der Waals surface area contributed by atoms with E-state index in [2.05, 4.69) is 21.2 Å². The van der Waals surface area contributed by atoms with Gasteiger partial charge in [0.2, 0.25) is 0 Å². The topological polar surface area (TPSA) is 67.9 Å². The zero-order chi connectivity index (χ0) is 19.2. The van der Waals surface area contributed by atoms with Crippen LogP contribution in [0.25, 0.3) is 0 Å². The van der Waals surface area contributed by atoms with E-state index in [1.807, 2.05) is 0 Å². The predicted molar refractivity (Wildman–Crippen MR) is 106 cm³/mol. The van der Waals surface area contributed by atoms with Crippen LogP contribution in [0.3, 0.4) is 0 Å². The standard InChI is InChI=1S/C19H18BrClN2O4/c20-16-11-14(21)4-5-17(16)27-12-18(24)22-15-3-1-2-13(10-15)19(25)23-6-8-26-9-7-23/h1-5,10-11H,6-9,12H2,(H,22,24). The molecule has 0 atom stereocenters. The summed E-state index contributed by atoms with van der Waals surface area (Å²) < 4.78 is 11.4. The molecule has 2 aromatic rings. The van der Waals surface area contributed by atoms with Crippen molar-refractivity contribution in [3.05, 3.63) is 57.5 Å². The highest BCUT2D eigenvalue weighted by Crippen LogP contribution is 2.27. The predicted octanol–water partition coefficient (Wildman–Crippen LogP) is 3.59. The van der Waals surface area contributed by atoms with Gasteiger partial charge in [-0.25, -0.2) is 0 Å². The van der Waals surface area contributed by atoms with Crippen LogP contribution in [0.1, 0.15) is 10.4 Å². The van der Waals surface area contributed by atoms with Crippen molar-refractivity contribution in [3.63, 3.8) is 0 Å². The van der Waals surface area contributed by atoms with Gasteiger partial charge in [0.25, 0.3) is 11.8 Å². The number of nitrogens with zero attached hydrogens (tertiary/aromatic N) is 1. The van der Waals surface area contributed by atoms with Crippen molar-refractivity contribution in [2.75, 3.05) is 38.2 Å². The Hall–Kier alpha value is -2.09. The van der Waals surface area contributed by atoms with Crippen LogP contribution in [0.15, 0.2) is 46.9 Å². The Labute approximate surface area is 170 Å². The first-order chi connectivity index (χ1) is 13.0. The van der Waals surface area contributed by atoms with Gasteiger partial charge in [-0.2, -0.15) is 0 Å². The molecule has 0 saturated carbocycles. The average Bonchev–Trinajstić information content (AvgIpc) is 2.67. The fourth-order valence-electron chi connectivity index (χ4n) is 2.61. The van der Waals surface area contributed by atoms with Crippen LogP contribution in [0.5, 0.6) is 5.75 Å². The van der Waals surface area contributed by atoms with Gasteiger partial charge in [0, 0.05) is 29.4 Å². The van der Waals surface area contributed by atoms with Crippen LogP contribution in [-0.4, -0.2) is 49.6 Å². The van der Waals surface area contributed by atoms with Gasteiger partial charge >= 0.3 is 0 Å². The normalized spacial score (nSPS) is 13.9. The van der Waals surface area contributed by atoms with Crippen molar-refractivity contribution >= 4 is 45.0 Å². The van der Waals surface area contributed by atoms with Gasteiger partial charge < -0.3 is 19.7 Å². The van der Waals surface area contributed by atoms with Crippen molar-refractivity contribution in [3.8, 4) is 5.75 Å². The van der Waals surface area contributed by atoms with Crippen LogP contribution in [0.4, 0.5) is 5.69 Å². The number of carbonyl (C=O) groups is 2. The van der Waals surface area contributed by atoms with E-state index in [9.17, 15) is 9.59 Å². The van der Waals surface area contributed by atoms with E-state index in [1.54, 1.807) is 47.4 Å². The van der Waals surface area contributed by atoms with E-state index in [4.69, 9.17) is 21.1 Å². The van der Waals surface area contributed by atoms with E-state index in [1.165, 1.54) is 0 Å². The molecule has 0 unspecified atom stereocenters. The maximum absolute atomic E-state index is 12.5. The molecular weight excluding hydrogens is 436 g/mol. The van der Waals surface area contributed by atoms with Crippen molar-refractivity contribution < 1.29 is 19.1 Å². The minimum atomic E-state index is -0.326. The number of hydrogen-bond donors (Lipinski definition) is 1. The molecule has 1 heterocycles. The molecule has 2 amide bonds. The first-order valence-corrected chi connectivity index (χ1v) is 9.55. The van der Waals surface area contributed by atoms with Crippen molar-refractivity contribution in [2.45, 2.75) is 0 Å². The molecule has 27 heavy (non-hydrogen) atoms. The number of amides is 2. The van der Waals surface area contributed by atoms with Crippen molar-refractivity contribution in [1.82, 2.24) is 4.90 Å². The number of ether oxygens (including phenoxy) is 2. The highest BCUT2D eigenvalue weighted by atomic mass is 79.9. The minimum absolute atomic E-state index is 0.0734. The molecule has 0 spiro atoms. The van der Waals surface area contributed by atoms with E-state index in [-0.39, 0.29) is 18.4 Å². The van der Waals surface area contributed by atoms with Crippen LogP contribution in [-0.2, 0) is 9.53 Å². The average molecular weight is 454 g/mol. The summed E-state index contributed by atoms with van der Waals surface area (Å²) in [5.41, 5.74) is 1.06. The number of nitrogens with one attached hydrogen (secondary N) is 1. The number of morpholine rings is 1. The Morgan fingerprint density at radius 2 is 1.96 bits per heavy atom. The van der Waals surface area contributed by atoms with Gasteiger partial charge in [0.15, 0.2) is 6.61 Å².